The first-order valence-corrected chi connectivity index (χ1v) is 7.57. The highest BCUT2D eigenvalue weighted by atomic mass is 35.5. The molecule has 0 aromatic rings. The predicted octanol–water partition coefficient (Wildman–Crippen LogP) is 1.97. The van der Waals surface area contributed by atoms with Crippen molar-refractivity contribution >= 4 is 21.6 Å². The Labute approximate surface area is 97.6 Å². The normalized spacial score (nSPS) is 18.1. The Balaban J connectivity index is 2.33. The Morgan fingerprint density at radius 2 is 2.00 bits per heavy atom. The van der Waals surface area contributed by atoms with Crippen LogP contribution in [0.15, 0.2) is 0 Å². The minimum Gasteiger partial charge on any atom is -0.215 e. The molecule has 1 N–H and O–H groups in total. The smallest absolute Gasteiger partial charge is 0.211 e. The van der Waals surface area contributed by atoms with E-state index in [-0.39, 0.29) is 5.41 Å². The van der Waals surface area contributed by atoms with E-state index in [0.717, 1.165) is 19.3 Å². The van der Waals surface area contributed by atoms with E-state index in [1.54, 1.807) is 0 Å². The van der Waals surface area contributed by atoms with Crippen molar-refractivity contribution in [2.45, 2.75) is 33.1 Å². The lowest BCUT2D eigenvalue weighted by Gasteiger charge is -2.23. The zero-order valence-electron chi connectivity index (χ0n) is 9.42. The summed E-state index contributed by atoms with van der Waals surface area (Å²) in [6.45, 7) is 4.53. The van der Waals surface area contributed by atoms with Crippen LogP contribution in [0.4, 0.5) is 0 Å². The van der Waals surface area contributed by atoms with E-state index in [4.69, 9.17) is 11.6 Å². The molecule has 0 radical (unpaired) electrons. The molecule has 0 spiro atoms. The lowest BCUT2D eigenvalue weighted by molar-refractivity contribution is 0.352. The molecule has 0 bridgehead atoms. The van der Waals surface area contributed by atoms with Gasteiger partial charge in [-0.2, -0.15) is 0 Å². The Kier molecular flexibility index (Phi) is 4.44. The van der Waals surface area contributed by atoms with Crippen molar-refractivity contribution in [1.82, 2.24) is 4.72 Å². The van der Waals surface area contributed by atoms with Gasteiger partial charge < -0.3 is 0 Å². The molecule has 90 valence electrons. The van der Waals surface area contributed by atoms with Crippen molar-refractivity contribution in [3.8, 4) is 0 Å². The number of hydrogen-bond donors (Lipinski definition) is 1. The van der Waals surface area contributed by atoms with E-state index in [2.05, 4.69) is 4.72 Å². The number of nitrogens with one attached hydrogen (secondary N) is 1. The van der Waals surface area contributed by atoms with Gasteiger partial charge in [-0.3, -0.25) is 0 Å². The van der Waals surface area contributed by atoms with Crippen molar-refractivity contribution in [1.29, 1.82) is 0 Å². The van der Waals surface area contributed by atoms with E-state index >= 15 is 0 Å². The van der Waals surface area contributed by atoms with Crippen LogP contribution in [0.3, 0.4) is 0 Å². The molecule has 0 unspecified atom stereocenters. The highest BCUT2D eigenvalue weighted by Gasteiger charge is 2.29. The molecule has 0 saturated heterocycles. The summed E-state index contributed by atoms with van der Waals surface area (Å²) < 4.78 is 25.8. The summed E-state index contributed by atoms with van der Waals surface area (Å²) >= 11 is 5.65. The first-order valence-electron chi connectivity index (χ1n) is 5.38. The largest absolute Gasteiger partial charge is 0.215 e. The second-order valence-electron chi connectivity index (χ2n) is 5.15. The van der Waals surface area contributed by atoms with Crippen molar-refractivity contribution in [3.63, 3.8) is 0 Å². The van der Waals surface area contributed by atoms with Gasteiger partial charge in [0.1, 0.15) is 0 Å². The maximum absolute atomic E-state index is 11.6. The highest BCUT2D eigenvalue weighted by molar-refractivity contribution is 7.89. The average Bonchev–Trinajstić information content (AvgIpc) is 2.85. The summed E-state index contributed by atoms with van der Waals surface area (Å²) in [5.74, 6) is 1.26. The molecule has 1 aliphatic carbocycles. The van der Waals surface area contributed by atoms with Crippen LogP contribution in [0.5, 0.6) is 0 Å². The van der Waals surface area contributed by atoms with E-state index in [9.17, 15) is 8.42 Å². The van der Waals surface area contributed by atoms with Gasteiger partial charge >= 0.3 is 0 Å². The third-order valence-corrected chi connectivity index (χ3v) is 4.38. The summed E-state index contributed by atoms with van der Waals surface area (Å²) in [5, 5.41) is 0. The summed E-state index contributed by atoms with van der Waals surface area (Å²) in [7, 11) is -3.06. The zero-order valence-corrected chi connectivity index (χ0v) is 11.0. The van der Waals surface area contributed by atoms with Gasteiger partial charge in [-0.1, -0.05) is 13.8 Å². The first-order chi connectivity index (χ1) is 6.85. The second-order valence-corrected chi connectivity index (χ2v) is 7.38. The van der Waals surface area contributed by atoms with E-state index in [1.165, 1.54) is 0 Å². The SMILES string of the molecule is CC(C)(CCCl)CNS(=O)(=O)CC1CC1. The van der Waals surface area contributed by atoms with E-state index < -0.39 is 10.0 Å². The summed E-state index contributed by atoms with van der Waals surface area (Å²) in [6.07, 6.45) is 2.94. The third kappa shape index (κ3) is 5.73. The quantitative estimate of drug-likeness (QED) is 0.706. The van der Waals surface area contributed by atoms with Crippen LogP contribution < -0.4 is 4.72 Å². The molecule has 0 aliphatic heterocycles. The molecule has 15 heavy (non-hydrogen) atoms. The molecule has 1 aliphatic rings. The van der Waals surface area contributed by atoms with E-state index in [1.807, 2.05) is 13.8 Å². The summed E-state index contributed by atoms with van der Waals surface area (Å²) in [5.41, 5.74) is -0.0572. The van der Waals surface area contributed by atoms with Crippen molar-refractivity contribution < 1.29 is 8.42 Å². The molecule has 0 atom stereocenters. The minimum absolute atomic E-state index is 0.0572. The number of sulfonamides is 1. The monoisotopic (exact) mass is 253 g/mol. The van der Waals surface area contributed by atoms with Crippen LogP contribution in [-0.2, 0) is 10.0 Å². The number of alkyl halides is 1. The standard InChI is InChI=1S/C10H20ClNO2S/c1-10(2,5-6-11)8-12-15(13,14)7-9-3-4-9/h9,12H,3-8H2,1-2H3. The molecular weight excluding hydrogens is 234 g/mol. The van der Waals surface area contributed by atoms with Crippen LogP contribution in [0.25, 0.3) is 0 Å². The predicted molar refractivity (Wildman–Crippen MR) is 63.6 cm³/mol. The van der Waals surface area contributed by atoms with Gasteiger partial charge in [0.25, 0.3) is 0 Å². The van der Waals surface area contributed by atoms with Crippen molar-refractivity contribution in [3.05, 3.63) is 0 Å². The first kappa shape index (κ1) is 13.3. The Morgan fingerprint density at radius 1 is 1.40 bits per heavy atom. The van der Waals surface area contributed by atoms with Crippen molar-refractivity contribution in [2.75, 3.05) is 18.2 Å². The van der Waals surface area contributed by atoms with Crippen LogP contribution in [0, 0.1) is 11.3 Å². The molecule has 1 rings (SSSR count). The molecule has 0 heterocycles. The zero-order chi connectivity index (χ0) is 11.5. The minimum atomic E-state index is -3.06. The Bertz CT molecular complexity index is 297. The Morgan fingerprint density at radius 3 is 2.47 bits per heavy atom. The molecule has 0 aromatic heterocycles. The van der Waals surface area contributed by atoms with Gasteiger partial charge in [0, 0.05) is 12.4 Å². The fourth-order valence-corrected chi connectivity index (χ4v) is 3.50. The number of hydrogen-bond acceptors (Lipinski definition) is 2. The van der Waals surface area contributed by atoms with Gasteiger partial charge in [-0.25, -0.2) is 13.1 Å². The van der Waals surface area contributed by atoms with Gasteiger partial charge in [0.15, 0.2) is 0 Å². The van der Waals surface area contributed by atoms with Crippen LogP contribution in [0.1, 0.15) is 33.1 Å². The molecule has 3 nitrogen and oxygen atoms in total. The van der Waals surface area contributed by atoms with Gasteiger partial charge in [-0.15, -0.1) is 11.6 Å². The average molecular weight is 254 g/mol. The van der Waals surface area contributed by atoms with Crippen LogP contribution in [0.2, 0.25) is 0 Å². The molecule has 0 aromatic carbocycles. The highest BCUT2D eigenvalue weighted by Crippen LogP contribution is 2.30. The summed E-state index contributed by atoms with van der Waals surface area (Å²) in [6, 6.07) is 0. The molecular formula is C10H20ClNO2S. The van der Waals surface area contributed by atoms with Gasteiger partial charge in [-0.05, 0) is 30.6 Å². The molecule has 1 saturated carbocycles. The van der Waals surface area contributed by atoms with E-state index in [0.29, 0.717) is 24.1 Å². The molecule has 5 heteroatoms. The number of rotatable bonds is 7. The topological polar surface area (TPSA) is 46.2 Å². The maximum atomic E-state index is 11.6. The lowest BCUT2D eigenvalue weighted by atomic mass is 9.91. The number of halogens is 1. The third-order valence-electron chi connectivity index (χ3n) is 2.69. The summed E-state index contributed by atoms with van der Waals surface area (Å²) in [4.78, 5) is 0. The molecule has 0 amide bonds. The second kappa shape index (κ2) is 5.02. The lowest BCUT2D eigenvalue weighted by Crippen LogP contribution is -2.36. The maximum Gasteiger partial charge on any atom is 0.211 e. The van der Waals surface area contributed by atoms with Gasteiger partial charge in [0.2, 0.25) is 10.0 Å². The fraction of sp³-hybridized carbons (Fsp3) is 1.00. The van der Waals surface area contributed by atoms with Crippen molar-refractivity contribution in [2.24, 2.45) is 11.3 Å². The fourth-order valence-electron chi connectivity index (χ4n) is 1.30. The molecule has 1 fully saturated rings. The van der Waals surface area contributed by atoms with Crippen LogP contribution >= 0.6 is 11.6 Å². The van der Waals surface area contributed by atoms with Gasteiger partial charge in [0.05, 0.1) is 5.75 Å². The Hall–Kier alpha value is 0.200. The van der Waals surface area contributed by atoms with Crippen LogP contribution in [-0.4, -0.2) is 26.6 Å².